The predicted octanol–water partition coefficient (Wildman–Crippen LogP) is 6.54. The molecule has 2 N–H and O–H groups in total. The number of rotatable bonds is 13. The zero-order valence-corrected chi connectivity index (χ0v) is 22.9. The number of hydrogen-bond donors (Lipinski definition) is 1. The molecule has 0 saturated heterocycles. The first-order chi connectivity index (χ1) is 13.8. The maximum atomic E-state index is 5.70. The molecule has 0 radical (unpaired) electrons. The lowest BCUT2D eigenvalue weighted by atomic mass is 9.64. The Morgan fingerprint density at radius 3 is 2.41 bits per heavy atom. The number of aliphatic hydroxyl groups is 1. The molecule has 0 amide bonds. The van der Waals surface area contributed by atoms with Gasteiger partial charge in [-0.1, -0.05) is 75.5 Å². The fourth-order valence-corrected chi connectivity index (χ4v) is 9.13. The first kappa shape index (κ1) is 25.2. The minimum atomic E-state index is -1.56. The van der Waals surface area contributed by atoms with Crippen molar-refractivity contribution in [2.75, 3.05) is 17.5 Å². The molecule has 0 aliphatic heterocycles. The van der Waals surface area contributed by atoms with E-state index in [2.05, 4.69) is 69.6 Å². The molecule has 2 nitrogen and oxygen atoms in total. The van der Waals surface area contributed by atoms with Gasteiger partial charge in [-0.3, -0.25) is 0 Å². The van der Waals surface area contributed by atoms with Gasteiger partial charge < -0.3 is 9.74 Å². The monoisotopic (exact) mass is 530 g/mol. The van der Waals surface area contributed by atoms with Crippen molar-refractivity contribution in [3.05, 3.63) is 34.9 Å². The third-order valence-electron chi connectivity index (χ3n) is 7.10. The minimum Gasteiger partial charge on any atom is -0.655 e. The van der Waals surface area contributed by atoms with Gasteiger partial charge in [0.15, 0.2) is 8.32 Å². The van der Waals surface area contributed by atoms with Gasteiger partial charge in [0.1, 0.15) is 6.10 Å². The standard InChI is InChI=1S/C25H45INOSi/c1-8-29(9-2,10-3)28-23(19-27-18-21-16-25(5,6)17-21)24-20(4)12-11-13-22(24)14-15-26-7/h11-13,21,23,27-28H,7-10,14-19H2,1-6H3. The second-order valence-electron chi connectivity index (χ2n) is 9.80. The largest absolute Gasteiger partial charge is 0.655 e. The molecule has 0 spiro atoms. The molecule has 0 heterocycles. The summed E-state index contributed by atoms with van der Waals surface area (Å²) in [5, 5.41) is 3.85. The predicted molar refractivity (Wildman–Crippen MR) is 142 cm³/mol. The van der Waals surface area contributed by atoms with Crippen LogP contribution in [-0.4, -0.2) is 34.8 Å². The molecule has 0 aromatic heterocycles. The molecule has 1 atom stereocenters. The first-order valence-electron chi connectivity index (χ1n) is 11.6. The number of aryl methyl sites for hydroxylation is 2. The smallest absolute Gasteiger partial charge is 0.190 e. The van der Waals surface area contributed by atoms with Crippen molar-refractivity contribution >= 4 is 33.6 Å². The molecule has 1 aliphatic rings. The molecule has 1 saturated carbocycles. The fourth-order valence-electron chi connectivity index (χ4n) is 5.24. The van der Waals surface area contributed by atoms with E-state index in [-0.39, 0.29) is 20.7 Å². The average Bonchev–Trinajstić information content (AvgIpc) is 2.68. The third-order valence-corrected chi connectivity index (χ3v) is 13.2. The van der Waals surface area contributed by atoms with Gasteiger partial charge in [-0.15, -0.1) is 20.7 Å². The maximum absolute atomic E-state index is 5.70. The third kappa shape index (κ3) is 6.98. The second-order valence-corrected chi connectivity index (χ2v) is 16.8. The van der Waals surface area contributed by atoms with Crippen LogP contribution in [0.15, 0.2) is 18.2 Å². The molecule has 29 heavy (non-hydrogen) atoms. The highest BCUT2D eigenvalue weighted by Crippen LogP contribution is 2.44. The summed E-state index contributed by atoms with van der Waals surface area (Å²) in [6, 6.07) is 10.7. The first-order valence-corrected chi connectivity index (χ1v) is 17.3. The number of nitrogens with one attached hydrogen (secondary N) is 1. The quantitative estimate of drug-likeness (QED) is 0.133. The molecular formula is C25H45INOSi. The Kier molecular flexibility index (Phi) is 10.0. The SMILES string of the molecule is C=ICCc1cccc(C)c1C(CNCC1CC(C)(C)C1)[OH+][Si-](CC)(CC)CC. The van der Waals surface area contributed by atoms with Crippen LogP contribution >= 0.6 is 20.7 Å². The molecule has 1 unspecified atom stereocenters. The summed E-state index contributed by atoms with van der Waals surface area (Å²) in [6.07, 6.45) is 4.22. The number of halogens is 1. The Labute approximate surface area is 191 Å². The van der Waals surface area contributed by atoms with Crippen LogP contribution in [0.5, 0.6) is 0 Å². The zero-order chi connectivity index (χ0) is 21.5. The molecule has 0 bridgehead atoms. The van der Waals surface area contributed by atoms with Crippen LogP contribution in [0, 0.1) is 18.3 Å². The maximum Gasteiger partial charge on any atom is 0.190 e. The van der Waals surface area contributed by atoms with Gasteiger partial charge in [-0.05, 0) is 59.6 Å². The fraction of sp³-hybridized carbons (Fsp3) is 0.720. The van der Waals surface area contributed by atoms with E-state index in [1.165, 1.54) is 58.5 Å². The summed E-state index contributed by atoms with van der Waals surface area (Å²) in [6.45, 7) is 16.4. The van der Waals surface area contributed by atoms with E-state index in [4.69, 9.17) is 4.43 Å². The van der Waals surface area contributed by atoms with Crippen LogP contribution in [0.25, 0.3) is 0 Å². The summed E-state index contributed by atoms with van der Waals surface area (Å²) >= 11 is 0.0897. The Balaban J connectivity index is 2.21. The highest BCUT2D eigenvalue weighted by atomic mass is 127. The Hall–Kier alpha value is -0.0431. The number of alkyl halides is 1. The van der Waals surface area contributed by atoms with E-state index in [0.717, 1.165) is 19.0 Å². The van der Waals surface area contributed by atoms with Gasteiger partial charge in [-0.25, -0.2) is 0 Å². The topological polar surface area (TPSA) is 24.8 Å². The number of hydrogen-bond acceptors (Lipinski definition) is 1. The van der Waals surface area contributed by atoms with E-state index in [9.17, 15) is 0 Å². The van der Waals surface area contributed by atoms with Gasteiger partial charge in [0.05, 0.1) is 6.54 Å². The van der Waals surface area contributed by atoms with Crippen LogP contribution in [0.1, 0.15) is 70.3 Å². The van der Waals surface area contributed by atoms with Crippen molar-refractivity contribution in [2.45, 2.75) is 85.0 Å². The van der Waals surface area contributed by atoms with Crippen molar-refractivity contribution in [3.63, 3.8) is 0 Å². The molecule has 1 aromatic carbocycles. The van der Waals surface area contributed by atoms with Gasteiger partial charge in [0.25, 0.3) is 0 Å². The lowest BCUT2D eigenvalue weighted by molar-refractivity contribution is 0.0233. The van der Waals surface area contributed by atoms with E-state index in [1.54, 1.807) is 0 Å². The van der Waals surface area contributed by atoms with E-state index < -0.39 is 8.32 Å². The molecule has 1 aliphatic carbocycles. The lowest BCUT2D eigenvalue weighted by Crippen LogP contribution is -2.45. The molecule has 167 valence electrons. The van der Waals surface area contributed by atoms with Crippen molar-refractivity contribution in [2.24, 2.45) is 11.3 Å². The van der Waals surface area contributed by atoms with Crippen molar-refractivity contribution < 1.29 is 4.43 Å². The molecule has 1 fully saturated rings. The molecular weight excluding hydrogens is 485 g/mol. The summed E-state index contributed by atoms with van der Waals surface area (Å²) < 4.78 is 11.1. The Morgan fingerprint density at radius 1 is 1.21 bits per heavy atom. The van der Waals surface area contributed by atoms with Gasteiger partial charge in [0, 0.05) is 5.56 Å². The Morgan fingerprint density at radius 2 is 1.86 bits per heavy atom. The van der Waals surface area contributed by atoms with Crippen LogP contribution in [0.3, 0.4) is 0 Å². The Bertz CT molecular complexity index is 640. The van der Waals surface area contributed by atoms with Crippen molar-refractivity contribution in [3.8, 4) is 0 Å². The summed E-state index contributed by atoms with van der Waals surface area (Å²) in [7, 11) is -1.56. The summed E-state index contributed by atoms with van der Waals surface area (Å²) in [4.78, 5) is 0. The summed E-state index contributed by atoms with van der Waals surface area (Å²) in [5.41, 5.74) is 5.04. The number of benzene rings is 1. The highest BCUT2D eigenvalue weighted by Gasteiger charge is 2.36. The van der Waals surface area contributed by atoms with E-state index in [1.807, 2.05) is 0 Å². The lowest BCUT2D eigenvalue weighted by Gasteiger charge is -2.43. The van der Waals surface area contributed by atoms with Gasteiger partial charge in [-0.2, -0.15) is 0 Å². The van der Waals surface area contributed by atoms with E-state index >= 15 is 0 Å². The second kappa shape index (κ2) is 11.5. The van der Waals surface area contributed by atoms with Crippen LogP contribution in [0.2, 0.25) is 18.1 Å². The molecule has 1 aromatic rings. The molecule has 2 rings (SSSR count). The normalized spacial score (nSPS) is 17.9. The van der Waals surface area contributed by atoms with Crippen LogP contribution < -0.4 is 5.32 Å². The minimum absolute atomic E-state index is 0.0897. The average molecular weight is 531 g/mol. The summed E-state index contributed by atoms with van der Waals surface area (Å²) in [5.74, 6) is 0.850. The van der Waals surface area contributed by atoms with Crippen LogP contribution in [-0.2, 0) is 6.42 Å². The van der Waals surface area contributed by atoms with Crippen molar-refractivity contribution in [1.82, 2.24) is 5.32 Å². The van der Waals surface area contributed by atoms with Gasteiger partial charge >= 0.3 is 0 Å². The van der Waals surface area contributed by atoms with Crippen LogP contribution in [0.4, 0.5) is 0 Å². The highest BCUT2D eigenvalue weighted by molar-refractivity contribution is 14.2. The van der Waals surface area contributed by atoms with Crippen molar-refractivity contribution in [1.29, 1.82) is 0 Å². The van der Waals surface area contributed by atoms with Gasteiger partial charge in [0.2, 0.25) is 0 Å². The molecule has 4 heteroatoms. The zero-order valence-electron chi connectivity index (χ0n) is 19.8. The van der Waals surface area contributed by atoms with E-state index in [0.29, 0.717) is 11.5 Å².